The van der Waals surface area contributed by atoms with Crippen molar-refractivity contribution >= 4 is 42.9 Å². The molecule has 1 aliphatic rings. The Hall–Kier alpha value is -0.550. The predicted molar refractivity (Wildman–Crippen MR) is 75.6 cm³/mol. The number of alkyl halides is 1. The van der Waals surface area contributed by atoms with Crippen molar-refractivity contribution in [2.75, 3.05) is 0 Å². The van der Waals surface area contributed by atoms with Gasteiger partial charge in [-0.2, -0.15) is 0 Å². The Morgan fingerprint density at radius 3 is 2.47 bits per heavy atom. The number of hydrogen-bond acceptors (Lipinski definition) is 1. The van der Waals surface area contributed by atoms with Crippen LogP contribution < -0.4 is 5.69 Å². The first-order valence-corrected chi connectivity index (χ1v) is 7.41. The van der Waals surface area contributed by atoms with E-state index in [4.69, 9.17) is 0 Å². The summed E-state index contributed by atoms with van der Waals surface area (Å²) in [6.45, 7) is 0. The molecule has 0 amide bonds. The molecule has 1 unspecified atom stereocenters. The number of fused-ring (bicyclic) bond motifs is 1. The molecule has 1 saturated carbocycles. The number of H-pyrrole nitrogens is 2. The van der Waals surface area contributed by atoms with E-state index in [-0.39, 0.29) is 5.69 Å². The van der Waals surface area contributed by atoms with E-state index in [1.807, 2.05) is 6.07 Å². The van der Waals surface area contributed by atoms with Crippen LogP contribution in [-0.2, 0) is 0 Å². The molecule has 1 aromatic carbocycles. The van der Waals surface area contributed by atoms with E-state index < -0.39 is 0 Å². The van der Waals surface area contributed by atoms with Crippen molar-refractivity contribution in [3.63, 3.8) is 0 Å². The third-order valence-corrected chi connectivity index (χ3v) is 5.42. The molecule has 2 N–H and O–H groups in total. The van der Waals surface area contributed by atoms with Gasteiger partial charge in [0.1, 0.15) is 0 Å². The second kappa shape index (κ2) is 4.28. The minimum absolute atomic E-state index is 0.154. The molecule has 17 heavy (non-hydrogen) atoms. The Balaban J connectivity index is 2.08. The van der Waals surface area contributed by atoms with Crippen LogP contribution in [0.5, 0.6) is 0 Å². The Labute approximate surface area is 115 Å². The maximum atomic E-state index is 11.2. The Morgan fingerprint density at radius 1 is 1.24 bits per heavy atom. The van der Waals surface area contributed by atoms with E-state index in [1.54, 1.807) is 0 Å². The van der Waals surface area contributed by atoms with Crippen LogP contribution in [0, 0.1) is 5.92 Å². The van der Waals surface area contributed by atoms with Crippen LogP contribution >= 0.6 is 31.9 Å². The summed E-state index contributed by atoms with van der Waals surface area (Å²) in [5, 5.41) is 0. The Morgan fingerprint density at radius 2 is 1.88 bits per heavy atom. The lowest BCUT2D eigenvalue weighted by Crippen LogP contribution is -2.16. The molecule has 2 aromatic rings. The molecule has 1 aromatic heterocycles. The van der Waals surface area contributed by atoms with Crippen LogP contribution in [0.25, 0.3) is 11.0 Å². The molecule has 0 saturated heterocycles. The summed E-state index contributed by atoms with van der Waals surface area (Å²) in [6, 6.07) is 4.02. The first-order valence-electron chi connectivity index (χ1n) is 5.70. The standard InChI is InChI=1S/C12H12Br2N2O/c13-8-5-10-9(15-12(17)16-10)4-7(8)11(14)6-2-1-3-6/h4-6,11H,1-3H2,(H2,15,16,17). The Kier molecular flexibility index (Phi) is 2.91. The molecular formula is C12H12Br2N2O. The summed E-state index contributed by atoms with van der Waals surface area (Å²) < 4.78 is 1.05. The van der Waals surface area contributed by atoms with Gasteiger partial charge in [0.15, 0.2) is 0 Å². The van der Waals surface area contributed by atoms with Crippen LogP contribution in [0.4, 0.5) is 0 Å². The lowest BCUT2D eigenvalue weighted by molar-refractivity contribution is 0.312. The highest BCUT2D eigenvalue weighted by molar-refractivity contribution is 9.11. The number of aromatic nitrogens is 2. The average Bonchev–Trinajstić information content (AvgIpc) is 2.53. The molecule has 0 bridgehead atoms. The molecule has 0 spiro atoms. The van der Waals surface area contributed by atoms with Gasteiger partial charge in [0.2, 0.25) is 0 Å². The summed E-state index contributed by atoms with van der Waals surface area (Å²) in [7, 11) is 0. The number of hydrogen-bond donors (Lipinski definition) is 2. The zero-order valence-electron chi connectivity index (χ0n) is 9.09. The third kappa shape index (κ3) is 1.99. The van der Waals surface area contributed by atoms with Gasteiger partial charge < -0.3 is 9.97 Å². The van der Waals surface area contributed by atoms with Gasteiger partial charge in [0.25, 0.3) is 0 Å². The normalized spacial score (nSPS) is 18.2. The van der Waals surface area contributed by atoms with Crippen LogP contribution in [0.2, 0.25) is 0 Å². The number of rotatable bonds is 2. The van der Waals surface area contributed by atoms with Crippen LogP contribution in [0.15, 0.2) is 21.4 Å². The van der Waals surface area contributed by atoms with Crippen molar-refractivity contribution in [2.45, 2.75) is 24.1 Å². The molecular weight excluding hydrogens is 348 g/mol. The highest BCUT2D eigenvalue weighted by Crippen LogP contribution is 2.45. The molecule has 3 rings (SSSR count). The number of benzene rings is 1. The smallest absolute Gasteiger partial charge is 0.306 e. The summed E-state index contributed by atoms with van der Waals surface area (Å²) in [6.07, 6.45) is 3.89. The van der Waals surface area contributed by atoms with Crippen LogP contribution in [-0.4, -0.2) is 9.97 Å². The number of nitrogens with one attached hydrogen (secondary N) is 2. The molecule has 1 aliphatic carbocycles. The monoisotopic (exact) mass is 358 g/mol. The van der Waals surface area contributed by atoms with Crippen molar-refractivity contribution in [2.24, 2.45) is 5.92 Å². The van der Waals surface area contributed by atoms with E-state index in [2.05, 4.69) is 47.9 Å². The quantitative estimate of drug-likeness (QED) is 0.786. The number of halogens is 2. The third-order valence-electron chi connectivity index (χ3n) is 3.49. The van der Waals surface area contributed by atoms with Gasteiger partial charge >= 0.3 is 5.69 Å². The lowest BCUT2D eigenvalue weighted by Gasteiger charge is -2.30. The van der Waals surface area contributed by atoms with Crippen molar-refractivity contribution in [3.8, 4) is 0 Å². The highest BCUT2D eigenvalue weighted by Gasteiger charge is 2.28. The molecule has 90 valence electrons. The molecule has 1 atom stereocenters. The van der Waals surface area contributed by atoms with Gasteiger partial charge in [-0.05, 0) is 36.5 Å². The maximum absolute atomic E-state index is 11.2. The molecule has 0 aliphatic heterocycles. The van der Waals surface area contributed by atoms with Crippen LogP contribution in [0.3, 0.4) is 0 Å². The van der Waals surface area contributed by atoms with Crippen molar-refractivity contribution in [3.05, 3.63) is 32.7 Å². The van der Waals surface area contributed by atoms with Crippen LogP contribution in [0.1, 0.15) is 29.7 Å². The molecule has 0 radical (unpaired) electrons. The summed E-state index contributed by atoms with van der Waals surface area (Å²) >= 11 is 7.36. The maximum Gasteiger partial charge on any atom is 0.323 e. The van der Waals surface area contributed by atoms with Gasteiger partial charge in [-0.3, -0.25) is 0 Å². The molecule has 5 heteroatoms. The first-order chi connectivity index (χ1) is 8.15. The molecule has 1 fully saturated rings. The van der Waals surface area contributed by atoms with E-state index in [9.17, 15) is 4.79 Å². The summed E-state index contributed by atoms with van der Waals surface area (Å²) in [5.74, 6) is 0.717. The SMILES string of the molecule is O=c1[nH]c2cc(Br)c(C(Br)C3CCC3)cc2[nH]1. The van der Waals surface area contributed by atoms with Gasteiger partial charge in [-0.25, -0.2) is 4.79 Å². The van der Waals surface area contributed by atoms with Crippen molar-refractivity contribution in [1.82, 2.24) is 9.97 Å². The molecule has 3 nitrogen and oxygen atoms in total. The average molecular weight is 360 g/mol. The summed E-state index contributed by atoms with van der Waals surface area (Å²) in [5.41, 5.74) is 2.78. The van der Waals surface area contributed by atoms with E-state index in [0.29, 0.717) is 4.83 Å². The minimum atomic E-state index is -0.154. The van der Waals surface area contributed by atoms with Crippen molar-refractivity contribution in [1.29, 1.82) is 0 Å². The minimum Gasteiger partial charge on any atom is -0.306 e. The largest absolute Gasteiger partial charge is 0.323 e. The molecule has 1 heterocycles. The van der Waals surface area contributed by atoms with Gasteiger partial charge in [0, 0.05) is 9.30 Å². The van der Waals surface area contributed by atoms with Gasteiger partial charge in [0.05, 0.1) is 11.0 Å². The second-order valence-corrected chi connectivity index (χ2v) is 6.43. The predicted octanol–water partition coefficient (Wildman–Crippen LogP) is 3.85. The number of aromatic amines is 2. The zero-order chi connectivity index (χ0) is 12.0. The fourth-order valence-electron chi connectivity index (χ4n) is 2.27. The summed E-state index contributed by atoms with van der Waals surface area (Å²) in [4.78, 5) is 17.2. The van der Waals surface area contributed by atoms with E-state index in [1.165, 1.54) is 24.8 Å². The van der Waals surface area contributed by atoms with Gasteiger partial charge in [-0.1, -0.05) is 38.3 Å². The first kappa shape index (κ1) is 11.5. The van der Waals surface area contributed by atoms with Gasteiger partial charge in [-0.15, -0.1) is 0 Å². The fraction of sp³-hybridized carbons (Fsp3) is 0.417. The van der Waals surface area contributed by atoms with E-state index in [0.717, 1.165) is 21.4 Å². The van der Waals surface area contributed by atoms with Crippen molar-refractivity contribution < 1.29 is 0 Å². The Bertz CT molecular complexity index is 612. The zero-order valence-corrected chi connectivity index (χ0v) is 12.3. The fourth-order valence-corrected chi connectivity index (χ4v) is 4.08. The second-order valence-electron chi connectivity index (χ2n) is 4.59. The number of imidazole rings is 1. The topological polar surface area (TPSA) is 48.6 Å². The lowest BCUT2D eigenvalue weighted by atomic mass is 9.81. The van der Waals surface area contributed by atoms with E-state index >= 15 is 0 Å². The highest BCUT2D eigenvalue weighted by atomic mass is 79.9.